The van der Waals surface area contributed by atoms with Crippen molar-refractivity contribution in [2.45, 2.75) is 26.7 Å². The van der Waals surface area contributed by atoms with Gasteiger partial charge in [0.05, 0.1) is 24.5 Å². The highest BCUT2D eigenvalue weighted by molar-refractivity contribution is 5.87. The van der Waals surface area contributed by atoms with Gasteiger partial charge >= 0.3 is 5.97 Å². The highest BCUT2D eigenvalue weighted by atomic mass is 16.9. The van der Waals surface area contributed by atoms with E-state index < -0.39 is 5.97 Å². The van der Waals surface area contributed by atoms with Gasteiger partial charge < -0.3 is 5.11 Å². The van der Waals surface area contributed by atoms with Gasteiger partial charge in [-0.25, -0.2) is 14.5 Å². The number of benzene rings is 1. The van der Waals surface area contributed by atoms with Gasteiger partial charge in [0, 0.05) is 0 Å². The smallest absolute Gasteiger partial charge is 0.335 e. The van der Waals surface area contributed by atoms with Gasteiger partial charge in [0.15, 0.2) is 0 Å². The Kier molecular flexibility index (Phi) is 6.18. The number of carbonyl (C=O) groups is 1. The zero-order valence-electron chi connectivity index (χ0n) is 10.8. The van der Waals surface area contributed by atoms with Gasteiger partial charge in [-0.3, -0.25) is 0 Å². The Morgan fingerprint density at radius 3 is 2.00 bits per heavy atom. The van der Waals surface area contributed by atoms with E-state index in [1.165, 1.54) is 17.4 Å². The molecule has 0 bridgehead atoms. The van der Waals surface area contributed by atoms with Crippen molar-refractivity contribution < 1.29 is 19.6 Å². The normalized spacial score (nSPS) is 10.3. The second-order valence-corrected chi connectivity index (χ2v) is 3.78. The van der Waals surface area contributed by atoms with Crippen molar-refractivity contribution in [3.63, 3.8) is 0 Å². The van der Waals surface area contributed by atoms with E-state index in [1.807, 2.05) is 13.8 Å². The average molecular weight is 253 g/mol. The summed E-state index contributed by atoms with van der Waals surface area (Å²) in [5.41, 5.74) is 0.923. The summed E-state index contributed by atoms with van der Waals surface area (Å²) in [6.07, 6.45) is 1.75. The lowest BCUT2D eigenvalue weighted by Gasteiger charge is -2.22. The Bertz CT molecular complexity index is 356. The largest absolute Gasteiger partial charge is 0.478 e. The maximum Gasteiger partial charge on any atom is 0.335 e. The molecule has 0 saturated carbocycles. The molecule has 5 heteroatoms. The molecule has 0 saturated heterocycles. The molecule has 1 rings (SSSR count). The third kappa shape index (κ3) is 4.35. The molecule has 0 spiro atoms. The van der Waals surface area contributed by atoms with Crippen LogP contribution in [0, 0.1) is 0 Å². The summed E-state index contributed by atoms with van der Waals surface area (Å²) in [5, 5.41) is 10.2. The van der Waals surface area contributed by atoms with Crippen molar-refractivity contribution in [3.8, 4) is 0 Å². The number of anilines is 1. The van der Waals surface area contributed by atoms with Gasteiger partial charge in [0.25, 0.3) is 0 Å². The molecule has 0 aliphatic rings. The van der Waals surface area contributed by atoms with Crippen LogP contribution in [0.2, 0.25) is 0 Å². The molecule has 0 aliphatic heterocycles. The van der Waals surface area contributed by atoms with Crippen LogP contribution in [0.1, 0.15) is 37.0 Å². The summed E-state index contributed by atoms with van der Waals surface area (Å²) in [7, 11) is 0. The maximum atomic E-state index is 10.8. The SMILES string of the molecule is CCCON(OCCC)c1ccc(C(=O)O)cc1. The van der Waals surface area contributed by atoms with E-state index in [0.717, 1.165) is 12.8 Å². The van der Waals surface area contributed by atoms with E-state index in [0.29, 0.717) is 18.9 Å². The molecule has 100 valence electrons. The van der Waals surface area contributed by atoms with Crippen LogP contribution in [0.3, 0.4) is 0 Å². The van der Waals surface area contributed by atoms with Gasteiger partial charge in [-0.2, -0.15) is 0 Å². The summed E-state index contributed by atoms with van der Waals surface area (Å²) in [6.45, 7) is 5.10. The van der Waals surface area contributed by atoms with Gasteiger partial charge in [-0.15, -0.1) is 5.23 Å². The van der Waals surface area contributed by atoms with E-state index in [-0.39, 0.29) is 5.56 Å². The first-order valence-electron chi connectivity index (χ1n) is 6.08. The highest BCUT2D eigenvalue weighted by Crippen LogP contribution is 2.16. The van der Waals surface area contributed by atoms with Crippen LogP contribution in [-0.2, 0) is 9.68 Å². The van der Waals surface area contributed by atoms with Crippen LogP contribution in [0.4, 0.5) is 5.69 Å². The second kappa shape index (κ2) is 7.68. The summed E-state index contributed by atoms with van der Waals surface area (Å²) in [5.74, 6) is -0.947. The van der Waals surface area contributed by atoms with Gasteiger partial charge in [0.1, 0.15) is 0 Å². The minimum absolute atomic E-state index is 0.240. The van der Waals surface area contributed by atoms with Crippen molar-refractivity contribution >= 4 is 11.7 Å². The fourth-order valence-corrected chi connectivity index (χ4v) is 1.26. The Morgan fingerprint density at radius 1 is 1.11 bits per heavy atom. The summed E-state index contributed by atoms with van der Waals surface area (Å²) in [6, 6.07) is 6.37. The molecular weight excluding hydrogens is 234 g/mol. The molecule has 0 aliphatic carbocycles. The molecule has 0 atom stereocenters. The lowest BCUT2D eigenvalue weighted by atomic mass is 10.2. The molecule has 0 heterocycles. The highest BCUT2D eigenvalue weighted by Gasteiger charge is 2.09. The molecule has 0 radical (unpaired) electrons. The van der Waals surface area contributed by atoms with Crippen LogP contribution >= 0.6 is 0 Å². The quantitative estimate of drug-likeness (QED) is 0.722. The third-order valence-electron chi connectivity index (χ3n) is 2.15. The molecule has 0 fully saturated rings. The molecule has 0 unspecified atom stereocenters. The molecule has 1 N–H and O–H groups in total. The number of carboxylic acids is 1. The zero-order valence-corrected chi connectivity index (χ0v) is 10.8. The minimum Gasteiger partial charge on any atom is -0.478 e. The van der Waals surface area contributed by atoms with Crippen LogP contribution in [-0.4, -0.2) is 24.3 Å². The van der Waals surface area contributed by atoms with Gasteiger partial charge in [-0.1, -0.05) is 13.8 Å². The Labute approximate surface area is 107 Å². The summed E-state index contributed by atoms with van der Waals surface area (Å²) < 4.78 is 0. The number of carboxylic acid groups (broad SMARTS) is 1. The van der Waals surface area contributed by atoms with Crippen molar-refractivity contribution in [2.75, 3.05) is 18.4 Å². The van der Waals surface area contributed by atoms with Crippen LogP contribution in [0.25, 0.3) is 0 Å². The molecule has 0 amide bonds. The molecule has 0 aromatic heterocycles. The average Bonchev–Trinajstić information content (AvgIpc) is 2.39. The molecule has 5 nitrogen and oxygen atoms in total. The van der Waals surface area contributed by atoms with E-state index in [9.17, 15) is 4.79 Å². The summed E-state index contributed by atoms with van der Waals surface area (Å²) >= 11 is 0. The van der Waals surface area contributed by atoms with Gasteiger partial charge in [0.2, 0.25) is 0 Å². The lowest BCUT2D eigenvalue weighted by molar-refractivity contribution is -0.0893. The topological polar surface area (TPSA) is 59.0 Å². The van der Waals surface area contributed by atoms with E-state index in [1.54, 1.807) is 12.1 Å². The molecule has 1 aromatic rings. The standard InChI is InChI=1S/C13H19NO4/c1-3-9-17-14(18-10-4-2)12-7-5-11(6-8-12)13(15)16/h5-8H,3-4,9-10H2,1-2H3,(H,15,16). The monoisotopic (exact) mass is 253 g/mol. The van der Waals surface area contributed by atoms with Crippen molar-refractivity contribution in [1.29, 1.82) is 0 Å². The number of aromatic carboxylic acids is 1. The predicted molar refractivity (Wildman–Crippen MR) is 68.4 cm³/mol. The molecule has 1 aromatic carbocycles. The number of hydrogen-bond acceptors (Lipinski definition) is 4. The number of rotatable bonds is 8. The molecule has 18 heavy (non-hydrogen) atoms. The fraction of sp³-hybridized carbons (Fsp3) is 0.462. The molecular formula is C13H19NO4. The van der Waals surface area contributed by atoms with Crippen molar-refractivity contribution in [1.82, 2.24) is 0 Å². The Morgan fingerprint density at radius 2 is 1.61 bits per heavy atom. The first-order valence-corrected chi connectivity index (χ1v) is 6.08. The van der Waals surface area contributed by atoms with Crippen molar-refractivity contribution in [3.05, 3.63) is 29.8 Å². The summed E-state index contributed by atoms with van der Waals surface area (Å²) in [4.78, 5) is 21.6. The Hall–Kier alpha value is -1.59. The maximum absolute atomic E-state index is 10.8. The van der Waals surface area contributed by atoms with Gasteiger partial charge in [-0.05, 0) is 37.1 Å². The lowest BCUT2D eigenvalue weighted by Crippen LogP contribution is -2.25. The number of hydrogen-bond donors (Lipinski definition) is 1. The minimum atomic E-state index is -0.947. The zero-order chi connectivity index (χ0) is 13.4. The first-order chi connectivity index (χ1) is 8.69. The van der Waals surface area contributed by atoms with Crippen LogP contribution < -0.4 is 5.23 Å². The second-order valence-electron chi connectivity index (χ2n) is 3.78. The predicted octanol–water partition coefficient (Wildman–Crippen LogP) is 2.87. The Balaban J connectivity index is 2.73. The van der Waals surface area contributed by atoms with Crippen LogP contribution in [0.15, 0.2) is 24.3 Å². The first kappa shape index (κ1) is 14.5. The third-order valence-corrected chi connectivity index (χ3v) is 2.15. The fourth-order valence-electron chi connectivity index (χ4n) is 1.26. The van der Waals surface area contributed by atoms with E-state index in [2.05, 4.69) is 0 Å². The van der Waals surface area contributed by atoms with Crippen molar-refractivity contribution in [2.24, 2.45) is 0 Å². The number of nitrogens with zero attached hydrogens (tertiary/aromatic N) is 1. The van der Waals surface area contributed by atoms with E-state index in [4.69, 9.17) is 14.8 Å². The van der Waals surface area contributed by atoms with Crippen LogP contribution in [0.5, 0.6) is 0 Å². The van der Waals surface area contributed by atoms with E-state index >= 15 is 0 Å².